The summed E-state index contributed by atoms with van der Waals surface area (Å²) in [5, 5.41) is 43.8. The molecular formula is C33H28N6O12S. The fourth-order valence-electron chi connectivity index (χ4n) is 5.04. The third-order valence-corrected chi connectivity index (χ3v) is 7.19. The van der Waals surface area contributed by atoms with Gasteiger partial charge in [-0.1, -0.05) is 11.2 Å². The molecule has 18 nitrogen and oxygen atoms in total. The molecule has 0 radical (unpaired) electrons. The first-order chi connectivity index (χ1) is 24.8. The van der Waals surface area contributed by atoms with Crippen molar-refractivity contribution in [2.45, 2.75) is 6.92 Å². The van der Waals surface area contributed by atoms with Crippen molar-refractivity contribution >= 4 is 80.8 Å². The monoisotopic (exact) mass is 732 g/mol. The number of benzene rings is 3. The van der Waals surface area contributed by atoms with Crippen LogP contribution in [-0.2, 0) is 19.2 Å². The molecule has 0 saturated carbocycles. The number of hydrogen-bond acceptors (Lipinski definition) is 13. The van der Waals surface area contributed by atoms with Crippen LogP contribution >= 0.6 is 12.2 Å². The topological polar surface area (TPSA) is 265 Å². The third-order valence-electron chi connectivity index (χ3n) is 7.10. The van der Waals surface area contributed by atoms with Gasteiger partial charge in [0.1, 0.15) is 56.5 Å². The number of isothiocyanates is 1. The Bertz CT molecular complexity index is 2110. The van der Waals surface area contributed by atoms with E-state index in [1.807, 2.05) is 0 Å². The van der Waals surface area contributed by atoms with Gasteiger partial charge in [-0.3, -0.25) is 24.0 Å². The van der Waals surface area contributed by atoms with Crippen LogP contribution in [0.15, 0.2) is 69.1 Å². The van der Waals surface area contributed by atoms with Gasteiger partial charge in [0.25, 0.3) is 0 Å². The van der Waals surface area contributed by atoms with Gasteiger partial charge in [0.05, 0.1) is 27.9 Å². The zero-order valence-corrected chi connectivity index (χ0v) is 27.9. The van der Waals surface area contributed by atoms with Gasteiger partial charge >= 0.3 is 23.9 Å². The summed E-state index contributed by atoms with van der Waals surface area (Å²) in [7, 11) is 0. The van der Waals surface area contributed by atoms with Crippen LogP contribution in [0.5, 0.6) is 11.5 Å². The molecule has 1 aromatic heterocycles. The molecule has 4 aromatic rings. The van der Waals surface area contributed by atoms with Crippen molar-refractivity contribution in [3.63, 3.8) is 0 Å². The molecule has 0 atom stereocenters. The Morgan fingerprint density at radius 2 is 1.35 bits per heavy atom. The minimum Gasteiger partial charge on any atom is -0.488 e. The van der Waals surface area contributed by atoms with Crippen LogP contribution in [0, 0.1) is 6.92 Å². The van der Waals surface area contributed by atoms with Crippen LogP contribution in [0.1, 0.15) is 21.7 Å². The molecule has 3 aromatic carbocycles. The molecule has 0 aliphatic rings. The number of fused-ring (bicyclic) bond motifs is 1. The number of carboxylic acids is 4. The van der Waals surface area contributed by atoms with E-state index in [9.17, 15) is 49.9 Å². The number of rotatable bonds is 19. The molecular weight excluding hydrogens is 704 g/mol. The summed E-state index contributed by atoms with van der Waals surface area (Å²) >= 11 is 4.59. The lowest BCUT2D eigenvalue weighted by Gasteiger charge is -2.25. The Kier molecular flexibility index (Phi) is 12.5. The second kappa shape index (κ2) is 17.1. The number of aliphatic carboxylic acids is 4. The predicted molar refractivity (Wildman–Crippen MR) is 187 cm³/mol. The van der Waals surface area contributed by atoms with Gasteiger partial charge in [-0.15, -0.1) is 0 Å². The lowest BCUT2D eigenvalue weighted by molar-refractivity contribution is -0.138. The van der Waals surface area contributed by atoms with E-state index in [0.29, 0.717) is 11.3 Å². The van der Waals surface area contributed by atoms with Crippen LogP contribution in [0.3, 0.4) is 0 Å². The Hall–Kier alpha value is -6.94. The zero-order valence-electron chi connectivity index (χ0n) is 27.1. The Labute approximate surface area is 298 Å². The highest BCUT2D eigenvalue weighted by Crippen LogP contribution is 2.42. The van der Waals surface area contributed by atoms with E-state index in [0.717, 1.165) is 9.80 Å². The molecule has 0 aliphatic carbocycles. The average molecular weight is 733 g/mol. The van der Waals surface area contributed by atoms with Crippen LogP contribution in [0.4, 0.5) is 22.7 Å². The quantitative estimate of drug-likeness (QED) is 0.0187. The Morgan fingerprint density at radius 3 is 1.87 bits per heavy atom. The number of furan rings is 1. The molecule has 0 unspecified atom stereocenters. The van der Waals surface area contributed by atoms with E-state index >= 15 is 0 Å². The number of aliphatic imine (C=N–C) groups is 1. The number of anilines is 2. The molecule has 0 bridgehead atoms. The summed E-state index contributed by atoms with van der Waals surface area (Å²) in [6, 6.07) is 13.1. The second-order valence-corrected chi connectivity index (χ2v) is 11.0. The number of thiocarbonyl (C=S) groups is 1. The van der Waals surface area contributed by atoms with Crippen LogP contribution in [0.25, 0.3) is 21.4 Å². The maximum absolute atomic E-state index is 13.5. The van der Waals surface area contributed by atoms with Crippen LogP contribution in [-0.4, -0.2) is 94.6 Å². The number of aryl methyl sites for hydroxylation is 1. The van der Waals surface area contributed by atoms with Crippen molar-refractivity contribution in [1.29, 1.82) is 0 Å². The highest BCUT2D eigenvalue weighted by Gasteiger charge is 2.26. The van der Waals surface area contributed by atoms with Crippen molar-refractivity contribution in [2.24, 2.45) is 10.1 Å². The molecule has 4 N–H and O–H groups in total. The van der Waals surface area contributed by atoms with Crippen molar-refractivity contribution < 1.29 is 58.3 Å². The van der Waals surface area contributed by atoms with E-state index in [1.165, 1.54) is 42.5 Å². The highest BCUT2D eigenvalue weighted by atomic mass is 32.1. The maximum atomic E-state index is 13.5. The summed E-state index contributed by atoms with van der Waals surface area (Å²) in [6.07, 6.45) is 0. The zero-order chi connectivity index (χ0) is 37.9. The smallest absolute Gasteiger partial charge is 0.323 e. The molecule has 1 heterocycles. The lowest BCUT2D eigenvalue weighted by atomic mass is 10.1. The first-order valence-corrected chi connectivity index (χ1v) is 15.3. The van der Waals surface area contributed by atoms with Gasteiger partial charge in [-0.25, -0.2) is 0 Å². The standard InChI is InChI=1S/C33H28N6O12S/c1-18-2-7-22(38(13-27(40)41)14-28(42)43)25(10-18)49-8-9-50-26-11-21-24(12-23(26)39(15-29(44)45)16-30(46)47)51-33(31(21)36-37-34)32(48)19-3-5-20(6-4-19)35-17-52/h2-7,10-12H,8-9,13-16H2,1H3,(H,40,41)(H,42,43)(H,44,45)(H,46,47). The minimum atomic E-state index is -1.37. The van der Waals surface area contributed by atoms with Gasteiger partial charge in [0, 0.05) is 21.9 Å². The predicted octanol–water partition coefficient (Wildman–Crippen LogP) is 5.06. The van der Waals surface area contributed by atoms with E-state index in [4.69, 9.17) is 13.9 Å². The van der Waals surface area contributed by atoms with Gasteiger partial charge in [-0.05, 0) is 72.7 Å². The molecule has 268 valence electrons. The van der Waals surface area contributed by atoms with Gasteiger partial charge < -0.3 is 44.1 Å². The Balaban J connectivity index is 1.74. The number of nitrogens with zero attached hydrogens (tertiary/aromatic N) is 6. The summed E-state index contributed by atoms with van der Waals surface area (Å²) in [6.45, 7) is -1.59. The third kappa shape index (κ3) is 9.60. The highest BCUT2D eigenvalue weighted by molar-refractivity contribution is 7.78. The van der Waals surface area contributed by atoms with Gasteiger partial charge in [-0.2, -0.15) is 4.99 Å². The number of ketones is 1. The number of carbonyl (C=O) groups excluding carboxylic acids is 1. The molecule has 0 saturated heterocycles. The molecule has 52 heavy (non-hydrogen) atoms. The summed E-state index contributed by atoms with van der Waals surface area (Å²) in [5.41, 5.74) is 10.5. The first kappa shape index (κ1) is 37.9. The summed E-state index contributed by atoms with van der Waals surface area (Å²) in [4.78, 5) is 68.6. The number of azide groups is 1. The largest absolute Gasteiger partial charge is 0.488 e. The number of carboxylic acid groups (broad SMARTS) is 4. The van der Waals surface area contributed by atoms with Crippen molar-refractivity contribution in [2.75, 3.05) is 49.2 Å². The average Bonchev–Trinajstić information content (AvgIpc) is 3.42. The van der Waals surface area contributed by atoms with Crippen LogP contribution < -0.4 is 19.3 Å². The second-order valence-electron chi connectivity index (χ2n) is 10.8. The van der Waals surface area contributed by atoms with Gasteiger partial charge in [0.2, 0.25) is 5.78 Å². The van der Waals surface area contributed by atoms with E-state index in [-0.39, 0.29) is 64.1 Å². The molecule has 0 fully saturated rings. The normalized spacial score (nSPS) is 10.4. The van der Waals surface area contributed by atoms with E-state index in [1.54, 1.807) is 19.1 Å². The van der Waals surface area contributed by atoms with Crippen molar-refractivity contribution in [3.8, 4) is 11.5 Å². The molecule has 0 amide bonds. The summed E-state index contributed by atoms with van der Waals surface area (Å²) in [5.74, 6) is -6.30. The number of ether oxygens (including phenoxy) is 2. The van der Waals surface area contributed by atoms with E-state index < -0.39 is 55.8 Å². The minimum absolute atomic E-state index is 0.0617. The lowest BCUT2D eigenvalue weighted by Crippen LogP contribution is -2.35. The summed E-state index contributed by atoms with van der Waals surface area (Å²) < 4.78 is 17.7. The molecule has 4 rings (SSSR count). The number of hydrogen-bond donors (Lipinski definition) is 4. The fourth-order valence-corrected chi connectivity index (χ4v) is 5.14. The van der Waals surface area contributed by atoms with Crippen molar-refractivity contribution in [1.82, 2.24) is 0 Å². The van der Waals surface area contributed by atoms with Crippen LogP contribution in [0.2, 0.25) is 0 Å². The SMILES string of the molecule is Cc1ccc(N(CC(=O)O)CC(=O)O)c(OCCOc2cc3c(N=[N+]=[N-])c(C(=O)c4ccc(N=C=S)cc4)oc3cc2N(CC(=O)O)CC(=O)O)c1. The first-order valence-electron chi connectivity index (χ1n) is 14.9. The van der Waals surface area contributed by atoms with E-state index in [2.05, 4.69) is 32.4 Å². The maximum Gasteiger partial charge on any atom is 0.323 e. The van der Waals surface area contributed by atoms with Gasteiger partial charge in [0.15, 0.2) is 5.76 Å². The van der Waals surface area contributed by atoms with Crippen molar-refractivity contribution in [3.05, 3.63) is 81.9 Å². The number of carbonyl (C=O) groups is 5. The fraction of sp³-hybridized carbons (Fsp3) is 0.212. The Morgan fingerprint density at radius 1 is 0.808 bits per heavy atom. The molecule has 19 heteroatoms. The molecule has 0 aliphatic heterocycles. The molecule has 0 spiro atoms.